The van der Waals surface area contributed by atoms with Crippen LogP contribution in [0.25, 0.3) is 0 Å². The Kier molecular flexibility index (Phi) is 7.13. The predicted molar refractivity (Wildman–Crippen MR) is 112 cm³/mol. The van der Waals surface area contributed by atoms with Crippen molar-refractivity contribution in [2.75, 3.05) is 12.9 Å². The Morgan fingerprint density at radius 1 is 1.10 bits per heavy atom. The molecule has 0 bridgehead atoms. The van der Waals surface area contributed by atoms with Crippen LogP contribution in [0.3, 0.4) is 0 Å². The van der Waals surface area contributed by atoms with Gasteiger partial charge < -0.3 is 19.4 Å². The van der Waals surface area contributed by atoms with Crippen LogP contribution in [0, 0.1) is 0 Å². The van der Waals surface area contributed by atoms with Crippen molar-refractivity contribution in [1.29, 1.82) is 0 Å². The van der Waals surface area contributed by atoms with Crippen molar-refractivity contribution in [2.45, 2.75) is 24.7 Å². The lowest BCUT2D eigenvalue weighted by atomic mass is 10.2. The molecule has 0 radical (unpaired) electrons. The van der Waals surface area contributed by atoms with Gasteiger partial charge in [0.15, 0.2) is 28.6 Å². The molecule has 1 aromatic heterocycles. The number of hydrogen-bond donors (Lipinski definition) is 1. The largest absolute Gasteiger partial charge is 0.493 e. The molecule has 8 heteroatoms. The van der Waals surface area contributed by atoms with Crippen molar-refractivity contribution < 1.29 is 14.3 Å². The Hall–Kier alpha value is -3.00. The van der Waals surface area contributed by atoms with E-state index in [1.807, 2.05) is 73.1 Å². The first-order valence-corrected chi connectivity index (χ1v) is 10.2. The molecular weight excluding hydrogens is 388 g/mol. The highest BCUT2D eigenvalue weighted by molar-refractivity contribution is 7.99. The first kappa shape index (κ1) is 20.7. The van der Waals surface area contributed by atoms with Gasteiger partial charge in [0.2, 0.25) is 5.91 Å². The highest BCUT2D eigenvalue weighted by Crippen LogP contribution is 2.30. The van der Waals surface area contributed by atoms with Crippen LogP contribution < -0.4 is 14.8 Å². The number of amides is 1. The van der Waals surface area contributed by atoms with Crippen LogP contribution in [-0.2, 0) is 18.4 Å². The van der Waals surface area contributed by atoms with E-state index in [0.717, 1.165) is 5.56 Å². The van der Waals surface area contributed by atoms with Crippen molar-refractivity contribution in [3.63, 3.8) is 0 Å². The van der Waals surface area contributed by atoms with Gasteiger partial charge in [0.1, 0.15) is 0 Å². The molecule has 0 spiro atoms. The highest BCUT2D eigenvalue weighted by Gasteiger charge is 2.19. The van der Waals surface area contributed by atoms with Gasteiger partial charge in [0.25, 0.3) is 0 Å². The van der Waals surface area contributed by atoms with Gasteiger partial charge in [-0.25, -0.2) is 0 Å². The summed E-state index contributed by atoms with van der Waals surface area (Å²) in [6.45, 7) is 2.41. The Morgan fingerprint density at radius 2 is 1.79 bits per heavy atom. The lowest BCUT2D eigenvalue weighted by Gasteiger charge is -2.16. The van der Waals surface area contributed by atoms with Crippen LogP contribution in [0.15, 0.2) is 59.8 Å². The standard InChI is InChI=1S/C21H24N4O3S/c1-15(28-18-12-8-7-11-17(18)27-3)20-23-24-21(25(20)2)29-14-19(26)22-13-16-9-5-4-6-10-16/h4-12,15H,13-14H2,1-3H3,(H,22,26). The van der Waals surface area contributed by atoms with E-state index in [0.29, 0.717) is 29.0 Å². The highest BCUT2D eigenvalue weighted by atomic mass is 32.2. The molecule has 7 nitrogen and oxygen atoms in total. The summed E-state index contributed by atoms with van der Waals surface area (Å²) in [5.41, 5.74) is 1.06. The minimum Gasteiger partial charge on any atom is -0.493 e. The summed E-state index contributed by atoms with van der Waals surface area (Å²) in [7, 11) is 3.47. The van der Waals surface area contributed by atoms with Crippen LogP contribution in [0.1, 0.15) is 24.4 Å². The molecule has 1 unspecified atom stereocenters. The number of nitrogens with one attached hydrogen (secondary N) is 1. The quantitative estimate of drug-likeness (QED) is 0.543. The van der Waals surface area contributed by atoms with E-state index in [1.165, 1.54) is 11.8 Å². The SMILES string of the molecule is COc1ccccc1OC(C)c1nnc(SCC(=O)NCc2ccccc2)n1C. The van der Waals surface area contributed by atoms with Gasteiger partial charge in [-0.05, 0) is 24.6 Å². The molecule has 0 aliphatic carbocycles. The van der Waals surface area contributed by atoms with Crippen molar-refractivity contribution in [2.24, 2.45) is 7.05 Å². The number of para-hydroxylation sites is 2. The Labute approximate surface area is 174 Å². The number of nitrogens with zero attached hydrogens (tertiary/aromatic N) is 3. The number of benzene rings is 2. The maximum absolute atomic E-state index is 12.1. The third-order valence-corrected chi connectivity index (χ3v) is 5.29. The van der Waals surface area contributed by atoms with Crippen LogP contribution >= 0.6 is 11.8 Å². The van der Waals surface area contributed by atoms with Crippen molar-refractivity contribution in [3.05, 3.63) is 66.0 Å². The molecule has 1 N–H and O–H groups in total. The van der Waals surface area contributed by atoms with Crippen LogP contribution in [0.2, 0.25) is 0 Å². The molecule has 0 aliphatic rings. The van der Waals surface area contributed by atoms with Gasteiger partial charge in [-0.2, -0.15) is 0 Å². The summed E-state index contributed by atoms with van der Waals surface area (Å²) in [5.74, 6) is 2.18. The number of rotatable bonds is 9. The second-order valence-electron chi connectivity index (χ2n) is 6.36. The summed E-state index contributed by atoms with van der Waals surface area (Å²) >= 11 is 1.34. The minimum atomic E-state index is -0.329. The number of thioether (sulfide) groups is 1. The molecule has 2 aromatic carbocycles. The van der Waals surface area contributed by atoms with Gasteiger partial charge in [0.05, 0.1) is 12.9 Å². The number of aromatic nitrogens is 3. The Bertz CT molecular complexity index is 946. The third-order valence-electron chi connectivity index (χ3n) is 4.27. The fourth-order valence-electron chi connectivity index (χ4n) is 2.74. The van der Waals surface area contributed by atoms with Gasteiger partial charge in [-0.3, -0.25) is 4.79 Å². The Balaban J connectivity index is 1.55. The molecule has 0 saturated carbocycles. The molecule has 29 heavy (non-hydrogen) atoms. The smallest absolute Gasteiger partial charge is 0.230 e. The topological polar surface area (TPSA) is 78.3 Å². The first-order chi connectivity index (χ1) is 14.1. The van der Waals surface area contributed by atoms with Crippen LogP contribution in [-0.4, -0.2) is 33.5 Å². The van der Waals surface area contributed by atoms with E-state index in [2.05, 4.69) is 15.5 Å². The number of carbonyl (C=O) groups is 1. The lowest BCUT2D eigenvalue weighted by molar-refractivity contribution is -0.118. The summed E-state index contributed by atoms with van der Waals surface area (Å²) in [6, 6.07) is 17.3. The molecule has 0 saturated heterocycles. The second kappa shape index (κ2) is 9.97. The zero-order valence-corrected chi connectivity index (χ0v) is 17.5. The predicted octanol–water partition coefficient (Wildman–Crippen LogP) is 3.37. The fourth-order valence-corrected chi connectivity index (χ4v) is 3.49. The zero-order valence-electron chi connectivity index (χ0n) is 16.7. The van der Waals surface area contributed by atoms with Crippen molar-refractivity contribution in [3.8, 4) is 11.5 Å². The van der Waals surface area contributed by atoms with Crippen LogP contribution in [0.5, 0.6) is 11.5 Å². The maximum Gasteiger partial charge on any atom is 0.230 e. The van der Waals surface area contributed by atoms with Crippen molar-refractivity contribution >= 4 is 17.7 Å². The van der Waals surface area contributed by atoms with Gasteiger partial charge in [-0.1, -0.05) is 54.2 Å². The van der Waals surface area contributed by atoms with Crippen molar-refractivity contribution in [1.82, 2.24) is 20.1 Å². The number of methoxy groups -OCH3 is 1. The number of carbonyl (C=O) groups excluding carboxylic acids is 1. The molecule has 3 rings (SSSR count). The Morgan fingerprint density at radius 3 is 2.52 bits per heavy atom. The molecule has 0 fully saturated rings. The average Bonchev–Trinajstić information content (AvgIpc) is 3.12. The molecule has 1 heterocycles. The summed E-state index contributed by atoms with van der Waals surface area (Å²) in [4.78, 5) is 12.1. The van der Waals surface area contributed by atoms with Gasteiger partial charge in [-0.15, -0.1) is 10.2 Å². The first-order valence-electron chi connectivity index (χ1n) is 9.21. The van der Waals surface area contributed by atoms with Crippen LogP contribution in [0.4, 0.5) is 0 Å². The van der Waals surface area contributed by atoms with Gasteiger partial charge in [0, 0.05) is 13.6 Å². The maximum atomic E-state index is 12.1. The third kappa shape index (κ3) is 5.51. The molecular formula is C21H24N4O3S. The van der Waals surface area contributed by atoms with E-state index in [1.54, 1.807) is 7.11 Å². The van der Waals surface area contributed by atoms with E-state index < -0.39 is 0 Å². The van der Waals surface area contributed by atoms with Gasteiger partial charge >= 0.3 is 0 Å². The minimum absolute atomic E-state index is 0.0540. The normalized spacial score (nSPS) is 11.7. The molecule has 1 amide bonds. The molecule has 1 atom stereocenters. The monoisotopic (exact) mass is 412 g/mol. The molecule has 3 aromatic rings. The lowest BCUT2D eigenvalue weighted by Crippen LogP contribution is -2.24. The summed E-state index contributed by atoms with van der Waals surface area (Å²) < 4.78 is 13.2. The number of ether oxygens (including phenoxy) is 2. The van der Waals surface area contributed by atoms with E-state index in [9.17, 15) is 4.79 Å². The second-order valence-corrected chi connectivity index (χ2v) is 7.30. The molecule has 152 valence electrons. The fraction of sp³-hybridized carbons (Fsp3) is 0.286. The van der Waals surface area contributed by atoms with E-state index >= 15 is 0 Å². The number of hydrogen-bond acceptors (Lipinski definition) is 6. The van der Waals surface area contributed by atoms with E-state index in [4.69, 9.17) is 9.47 Å². The molecule has 0 aliphatic heterocycles. The van der Waals surface area contributed by atoms with E-state index in [-0.39, 0.29) is 17.8 Å². The summed E-state index contributed by atoms with van der Waals surface area (Å²) in [5, 5.41) is 12.0. The average molecular weight is 413 g/mol. The summed E-state index contributed by atoms with van der Waals surface area (Å²) in [6.07, 6.45) is -0.329. The zero-order chi connectivity index (χ0) is 20.6.